The molecule has 0 aliphatic rings. The number of benzene rings is 2. The first-order valence-corrected chi connectivity index (χ1v) is 5.92. The number of anilines is 2. The van der Waals surface area contributed by atoms with Crippen molar-refractivity contribution >= 4 is 28.9 Å². The van der Waals surface area contributed by atoms with Crippen LogP contribution in [0.25, 0.3) is 0 Å². The molecule has 18 heavy (non-hydrogen) atoms. The van der Waals surface area contributed by atoms with Crippen molar-refractivity contribution in [1.82, 2.24) is 0 Å². The fourth-order valence-corrected chi connectivity index (χ4v) is 1.81. The maximum absolute atomic E-state index is 12.1. The van der Waals surface area contributed by atoms with Gasteiger partial charge in [-0.25, -0.2) is 0 Å². The molecule has 0 bridgehead atoms. The summed E-state index contributed by atoms with van der Waals surface area (Å²) in [7, 11) is 1.77. The minimum absolute atomic E-state index is 0.187. The third kappa shape index (κ3) is 2.81. The standard InChI is InChI=1S/C14H13ClN2O/c1-16-13-8-7-10(15)9-12(13)14(18)17-11-5-3-2-4-6-11/h2-9,16H,1H3,(H,17,18). The minimum Gasteiger partial charge on any atom is -0.387 e. The normalized spacial score (nSPS) is 9.89. The molecule has 0 saturated carbocycles. The summed E-state index contributed by atoms with van der Waals surface area (Å²) in [6.07, 6.45) is 0. The first-order valence-electron chi connectivity index (χ1n) is 5.54. The Hall–Kier alpha value is -2.00. The molecule has 0 heterocycles. The van der Waals surface area contributed by atoms with Gasteiger partial charge in [-0.1, -0.05) is 29.8 Å². The fourth-order valence-electron chi connectivity index (χ4n) is 1.64. The molecule has 92 valence electrons. The lowest BCUT2D eigenvalue weighted by Gasteiger charge is -2.10. The van der Waals surface area contributed by atoms with Crippen molar-refractivity contribution in [2.75, 3.05) is 17.7 Å². The smallest absolute Gasteiger partial charge is 0.257 e. The van der Waals surface area contributed by atoms with Crippen LogP contribution in [0.1, 0.15) is 10.4 Å². The van der Waals surface area contributed by atoms with Crippen molar-refractivity contribution in [2.45, 2.75) is 0 Å². The van der Waals surface area contributed by atoms with Crippen LogP contribution in [0, 0.1) is 0 Å². The Morgan fingerprint density at radius 2 is 1.83 bits per heavy atom. The van der Waals surface area contributed by atoms with Crippen molar-refractivity contribution in [2.24, 2.45) is 0 Å². The Kier molecular flexibility index (Phi) is 3.85. The number of carbonyl (C=O) groups excluding carboxylic acids is 1. The summed E-state index contributed by atoms with van der Waals surface area (Å²) in [6, 6.07) is 14.5. The molecule has 0 aliphatic heterocycles. The lowest BCUT2D eigenvalue weighted by Crippen LogP contribution is -2.13. The summed E-state index contributed by atoms with van der Waals surface area (Å²) in [5.74, 6) is -0.187. The molecule has 4 heteroatoms. The zero-order valence-corrected chi connectivity index (χ0v) is 10.7. The van der Waals surface area contributed by atoms with Gasteiger partial charge < -0.3 is 10.6 Å². The summed E-state index contributed by atoms with van der Waals surface area (Å²) in [5.41, 5.74) is 2.02. The molecule has 0 aromatic heterocycles. The second kappa shape index (κ2) is 5.56. The topological polar surface area (TPSA) is 41.1 Å². The number of carbonyl (C=O) groups is 1. The van der Waals surface area contributed by atoms with Crippen LogP contribution in [-0.2, 0) is 0 Å². The van der Waals surface area contributed by atoms with E-state index in [9.17, 15) is 4.79 Å². The average molecular weight is 261 g/mol. The van der Waals surface area contributed by atoms with E-state index in [2.05, 4.69) is 10.6 Å². The largest absolute Gasteiger partial charge is 0.387 e. The Balaban J connectivity index is 2.26. The van der Waals surface area contributed by atoms with Crippen LogP contribution in [0.15, 0.2) is 48.5 Å². The average Bonchev–Trinajstić information content (AvgIpc) is 2.40. The van der Waals surface area contributed by atoms with Crippen LogP contribution in [0.2, 0.25) is 5.02 Å². The Morgan fingerprint density at radius 3 is 2.50 bits per heavy atom. The first kappa shape index (κ1) is 12.5. The highest BCUT2D eigenvalue weighted by atomic mass is 35.5. The molecule has 0 spiro atoms. The maximum atomic E-state index is 12.1. The van der Waals surface area contributed by atoms with Crippen LogP contribution < -0.4 is 10.6 Å². The maximum Gasteiger partial charge on any atom is 0.257 e. The van der Waals surface area contributed by atoms with Gasteiger partial charge >= 0.3 is 0 Å². The van der Waals surface area contributed by atoms with E-state index in [1.165, 1.54) is 0 Å². The van der Waals surface area contributed by atoms with E-state index < -0.39 is 0 Å². The van der Waals surface area contributed by atoms with Gasteiger partial charge in [0.25, 0.3) is 5.91 Å². The number of nitrogens with one attached hydrogen (secondary N) is 2. The second-order valence-electron chi connectivity index (χ2n) is 3.76. The van der Waals surface area contributed by atoms with Gasteiger partial charge in [0.2, 0.25) is 0 Å². The molecule has 0 aliphatic carbocycles. The van der Waals surface area contributed by atoms with Gasteiger partial charge in [-0.3, -0.25) is 4.79 Å². The highest BCUT2D eigenvalue weighted by Gasteiger charge is 2.11. The van der Waals surface area contributed by atoms with E-state index >= 15 is 0 Å². The van der Waals surface area contributed by atoms with Crippen molar-refractivity contribution in [3.8, 4) is 0 Å². The predicted molar refractivity (Wildman–Crippen MR) is 75.4 cm³/mol. The lowest BCUT2D eigenvalue weighted by molar-refractivity contribution is 0.102. The number of hydrogen-bond acceptors (Lipinski definition) is 2. The SMILES string of the molecule is CNc1ccc(Cl)cc1C(=O)Nc1ccccc1. The minimum atomic E-state index is -0.187. The molecule has 2 aromatic carbocycles. The quantitative estimate of drug-likeness (QED) is 0.885. The van der Waals surface area contributed by atoms with E-state index in [4.69, 9.17) is 11.6 Å². The summed E-state index contributed by atoms with van der Waals surface area (Å²) in [5, 5.41) is 6.33. The molecule has 2 rings (SSSR count). The molecule has 0 radical (unpaired) electrons. The van der Waals surface area contributed by atoms with Crippen molar-refractivity contribution < 1.29 is 4.79 Å². The van der Waals surface area contributed by atoms with E-state index in [0.717, 1.165) is 11.4 Å². The molecular formula is C14H13ClN2O. The molecular weight excluding hydrogens is 248 g/mol. The second-order valence-corrected chi connectivity index (χ2v) is 4.20. The van der Waals surface area contributed by atoms with E-state index in [0.29, 0.717) is 10.6 Å². The highest BCUT2D eigenvalue weighted by Crippen LogP contribution is 2.21. The summed E-state index contributed by atoms with van der Waals surface area (Å²) in [6.45, 7) is 0. The molecule has 0 saturated heterocycles. The molecule has 0 atom stereocenters. The van der Waals surface area contributed by atoms with Gasteiger partial charge in [-0.2, -0.15) is 0 Å². The summed E-state index contributed by atoms with van der Waals surface area (Å²) in [4.78, 5) is 12.1. The molecule has 0 unspecified atom stereocenters. The van der Waals surface area contributed by atoms with E-state index in [1.54, 1.807) is 25.2 Å². The van der Waals surface area contributed by atoms with Gasteiger partial charge in [-0.05, 0) is 30.3 Å². The van der Waals surface area contributed by atoms with Crippen LogP contribution >= 0.6 is 11.6 Å². The molecule has 1 amide bonds. The molecule has 3 nitrogen and oxygen atoms in total. The zero-order valence-electron chi connectivity index (χ0n) is 9.91. The van der Waals surface area contributed by atoms with Crippen LogP contribution in [0.3, 0.4) is 0 Å². The van der Waals surface area contributed by atoms with Crippen molar-refractivity contribution in [3.63, 3.8) is 0 Å². The third-order valence-corrected chi connectivity index (χ3v) is 2.76. The molecule has 2 N–H and O–H groups in total. The monoisotopic (exact) mass is 260 g/mol. The fraction of sp³-hybridized carbons (Fsp3) is 0.0714. The van der Waals surface area contributed by atoms with Crippen LogP contribution in [0.5, 0.6) is 0 Å². The van der Waals surface area contributed by atoms with Crippen molar-refractivity contribution in [1.29, 1.82) is 0 Å². The Labute approximate surface area is 111 Å². The van der Waals surface area contributed by atoms with Crippen molar-refractivity contribution in [3.05, 3.63) is 59.1 Å². The molecule has 2 aromatic rings. The van der Waals surface area contributed by atoms with Gasteiger partial charge in [0, 0.05) is 23.4 Å². The Bertz CT molecular complexity index is 555. The predicted octanol–water partition coefficient (Wildman–Crippen LogP) is 3.63. The lowest BCUT2D eigenvalue weighted by atomic mass is 10.1. The third-order valence-electron chi connectivity index (χ3n) is 2.53. The highest BCUT2D eigenvalue weighted by molar-refractivity contribution is 6.31. The van der Waals surface area contributed by atoms with Gasteiger partial charge in [0.05, 0.1) is 5.56 Å². The van der Waals surface area contributed by atoms with Crippen LogP contribution in [0.4, 0.5) is 11.4 Å². The number of rotatable bonds is 3. The van der Waals surface area contributed by atoms with Gasteiger partial charge in [0.15, 0.2) is 0 Å². The Morgan fingerprint density at radius 1 is 1.11 bits per heavy atom. The number of amides is 1. The molecule has 0 fully saturated rings. The van der Waals surface area contributed by atoms with Gasteiger partial charge in [-0.15, -0.1) is 0 Å². The first-order chi connectivity index (χ1) is 8.70. The summed E-state index contributed by atoms with van der Waals surface area (Å²) < 4.78 is 0. The zero-order chi connectivity index (χ0) is 13.0. The van der Waals surface area contributed by atoms with E-state index in [-0.39, 0.29) is 5.91 Å². The summed E-state index contributed by atoms with van der Waals surface area (Å²) >= 11 is 5.91. The van der Waals surface area contributed by atoms with Gasteiger partial charge in [0.1, 0.15) is 0 Å². The number of para-hydroxylation sites is 1. The van der Waals surface area contributed by atoms with E-state index in [1.807, 2.05) is 30.3 Å². The number of halogens is 1. The number of hydrogen-bond donors (Lipinski definition) is 2. The van der Waals surface area contributed by atoms with Crippen LogP contribution in [-0.4, -0.2) is 13.0 Å².